The van der Waals surface area contributed by atoms with Crippen molar-refractivity contribution in [3.63, 3.8) is 0 Å². The number of methoxy groups -OCH3 is 2. The number of anilines is 1. The molecule has 1 amide bonds. The monoisotopic (exact) mass is 342 g/mol. The van der Waals surface area contributed by atoms with Gasteiger partial charge in [0.1, 0.15) is 11.5 Å². The van der Waals surface area contributed by atoms with Crippen molar-refractivity contribution in [2.75, 3.05) is 19.5 Å². The van der Waals surface area contributed by atoms with Gasteiger partial charge < -0.3 is 19.3 Å². The average Bonchev–Trinajstić information content (AvgIpc) is 3.30. The fraction of sp³-hybridized carbons (Fsp3) is 0.235. The SMILES string of the molecule is CCn1cc(NC(=O)c2cc(-c3cc(OC)ccc3OC)on2)cn1. The van der Waals surface area contributed by atoms with Gasteiger partial charge in [0.2, 0.25) is 0 Å². The fourth-order valence-corrected chi connectivity index (χ4v) is 2.31. The summed E-state index contributed by atoms with van der Waals surface area (Å²) in [4.78, 5) is 12.3. The minimum atomic E-state index is -0.382. The van der Waals surface area contributed by atoms with Gasteiger partial charge in [-0.3, -0.25) is 9.48 Å². The fourth-order valence-electron chi connectivity index (χ4n) is 2.31. The highest BCUT2D eigenvalue weighted by atomic mass is 16.5. The quantitative estimate of drug-likeness (QED) is 0.741. The van der Waals surface area contributed by atoms with E-state index < -0.39 is 0 Å². The maximum absolute atomic E-state index is 12.3. The molecule has 0 aliphatic carbocycles. The van der Waals surface area contributed by atoms with Crippen molar-refractivity contribution in [3.8, 4) is 22.8 Å². The second-order valence-corrected chi connectivity index (χ2v) is 5.18. The Balaban J connectivity index is 1.83. The molecule has 0 bridgehead atoms. The number of benzene rings is 1. The summed E-state index contributed by atoms with van der Waals surface area (Å²) in [7, 11) is 3.13. The van der Waals surface area contributed by atoms with Gasteiger partial charge in [0.25, 0.3) is 5.91 Å². The van der Waals surface area contributed by atoms with Gasteiger partial charge in [-0.2, -0.15) is 5.10 Å². The maximum Gasteiger partial charge on any atom is 0.277 e. The first-order chi connectivity index (χ1) is 12.1. The number of aromatic nitrogens is 3. The molecule has 25 heavy (non-hydrogen) atoms. The van der Waals surface area contributed by atoms with Crippen molar-refractivity contribution in [1.82, 2.24) is 14.9 Å². The van der Waals surface area contributed by atoms with E-state index in [1.165, 1.54) is 0 Å². The number of rotatable bonds is 6. The van der Waals surface area contributed by atoms with Crippen molar-refractivity contribution in [2.45, 2.75) is 13.5 Å². The first-order valence-electron chi connectivity index (χ1n) is 7.67. The minimum Gasteiger partial charge on any atom is -0.497 e. The van der Waals surface area contributed by atoms with E-state index in [4.69, 9.17) is 14.0 Å². The topological polar surface area (TPSA) is 91.4 Å². The number of carbonyl (C=O) groups excluding carboxylic acids is 1. The van der Waals surface area contributed by atoms with Crippen LogP contribution in [0.3, 0.4) is 0 Å². The van der Waals surface area contributed by atoms with Crippen LogP contribution in [-0.2, 0) is 6.54 Å². The van der Waals surface area contributed by atoms with E-state index in [1.54, 1.807) is 55.6 Å². The lowest BCUT2D eigenvalue weighted by molar-refractivity contribution is 0.101. The molecule has 0 fully saturated rings. The zero-order chi connectivity index (χ0) is 17.8. The maximum atomic E-state index is 12.3. The van der Waals surface area contributed by atoms with Crippen molar-refractivity contribution in [2.24, 2.45) is 0 Å². The number of carbonyl (C=O) groups is 1. The predicted octanol–water partition coefficient (Wildman–Crippen LogP) is 2.83. The van der Waals surface area contributed by atoms with Crippen LogP contribution in [0.5, 0.6) is 11.5 Å². The smallest absolute Gasteiger partial charge is 0.277 e. The molecular formula is C17H18N4O4. The Bertz CT molecular complexity index is 884. The molecular weight excluding hydrogens is 324 g/mol. The molecule has 1 aromatic carbocycles. The molecule has 0 unspecified atom stereocenters. The first-order valence-corrected chi connectivity index (χ1v) is 7.67. The highest BCUT2D eigenvalue weighted by Crippen LogP contribution is 2.33. The summed E-state index contributed by atoms with van der Waals surface area (Å²) < 4.78 is 17.6. The second-order valence-electron chi connectivity index (χ2n) is 5.18. The molecule has 8 nitrogen and oxygen atoms in total. The van der Waals surface area contributed by atoms with Crippen LogP contribution in [-0.4, -0.2) is 35.1 Å². The Hall–Kier alpha value is -3.29. The summed E-state index contributed by atoms with van der Waals surface area (Å²) in [5.74, 6) is 1.26. The summed E-state index contributed by atoms with van der Waals surface area (Å²) in [6.45, 7) is 2.68. The van der Waals surface area contributed by atoms with Crippen LogP contribution in [0.1, 0.15) is 17.4 Å². The summed E-state index contributed by atoms with van der Waals surface area (Å²) in [5.41, 5.74) is 1.40. The van der Waals surface area contributed by atoms with E-state index in [-0.39, 0.29) is 11.6 Å². The lowest BCUT2D eigenvalue weighted by atomic mass is 10.1. The first kappa shape index (κ1) is 16.6. The van der Waals surface area contributed by atoms with Crippen molar-refractivity contribution in [1.29, 1.82) is 0 Å². The van der Waals surface area contributed by atoms with Gasteiger partial charge in [-0.1, -0.05) is 5.16 Å². The lowest BCUT2D eigenvalue weighted by Gasteiger charge is -2.07. The van der Waals surface area contributed by atoms with E-state index in [9.17, 15) is 4.79 Å². The average molecular weight is 342 g/mol. The van der Waals surface area contributed by atoms with Gasteiger partial charge in [0.15, 0.2) is 11.5 Å². The molecule has 3 aromatic rings. The molecule has 3 rings (SSSR count). The van der Waals surface area contributed by atoms with Gasteiger partial charge in [-0.15, -0.1) is 0 Å². The Morgan fingerprint density at radius 3 is 2.80 bits per heavy atom. The van der Waals surface area contributed by atoms with E-state index in [0.717, 1.165) is 6.54 Å². The van der Waals surface area contributed by atoms with E-state index in [0.29, 0.717) is 28.5 Å². The molecule has 130 valence electrons. The summed E-state index contributed by atoms with van der Waals surface area (Å²) in [5, 5.41) is 10.7. The summed E-state index contributed by atoms with van der Waals surface area (Å²) in [6.07, 6.45) is 3.32. The molecule has 8 heteroatoms. The van der Waals surface area contributed by atoms with E-state index in [2.05, 4.69) is 15.6 Å². The van der Waals surface area contributed by atoms with Crippen LogP contribution < -0.4 is 14.8 Å². The Labute approximate surface area is 144 Å². The molecule has 0 radical (unpaired) electrons. The molecule has 1 N–H and O–H groups in total. The minimum absolute atomic E-state index is 0.157. The molecule has 0 spiro atoms. The number of aryl methyl sites for hydroxylation is 1. The van der Waals surface area contributed by atoms with Crippen LogP contribution in [0.2, 0.25) is 0 Å². The number of hydrogen-bond acceptors (Lipinski definition) is 6. The van der Waals surface area contributed by atoms with Gasteiger partial charge in [0.05, 0.1) is 31.7 Å². The molecule has 2 heterocycles. The third-order valence-corrected chi connectivity index (χ3v) is 3.63. The molecule has 0 aliphatic heterocycles. The van der Waals surface area contributed by atoms with Gasteiger partial charge >= 0.3 is 0 Å². The Morgan fingerprint density at radius 2 is 2.12 bits per heavy atom. The standard InChI is InChI=1S/C17H18N4O4/c1-4-21-10-11(9-18-21)19-17(22)14-8-16(25-20-14)13-7-12(23-2)5-6-15(13)24-3/h5-10H,4H2,1-3H3,(H,19,22). The number of nitrogens with zero attached hydrogens (tertiary/aromatic N) is 3. The third kappa shape index (κ3) is 3.47. The van der Waals surface area contributed by atoms with Gasteiger partial charge in [-0.05, 0) is 25.1 Å². The van der Waals surface area contributed by atoms with Crippen molar-refractivity contribution >= 4 is 11.6 Å². The van der Waals surface area contributed by atoms with Crippen molar-refractivity contribution < 1.29 is 18.8 Å². The second kappa shape index (κ2) is 7.08. The van der Waals surface area contributed by atoms with Crippen molar-refractivity contribution in [3.05, 3.63) is 42.4 Å². The number of nitrogens with one attached hydrogen (secondary N) is 1. The van der Waals surface area contributed by atoms with Gasteiger partial charge in [0, 0.05) is 18.8 Å². The van der Waals surface area contributed by atoms with Crippen LogP contribution >= 0.6 is 0 Å². The number of hydrogen-bond donors (Lipinski definition) is 1. The van der Waals surface area contributed by atoms with Crippen LogP contribution in [0.15, 0.2) is 41.2 Å². The highest BCUT2D eigenvalue weighted by molar-refractivity contribution is 6.03. The molecule has 0 aliphatic rings. The normalized spacial score (nSPS) is 10.5. The largest absolute Gasteiger partial charge is 0.497 e. The summed E-state index contributed by atoms with van der Waals surface area (Å²) in [6, 6.07) is 6.84. The number of ether oxygens (including phenoxy) is 2. The molecule has 0 atom stereocenters. The third-order valence-electron chi connectivity index (χ3n) is 3.63. The van der Waals surface area contributed by atoms with Crippen LogP contribution in [0.25, 0.3) is 11.3 Å². The zero-order valence-electron chi connectivity index (χ0n) is 14.1. The van der Waals surface area contributed by atoms with E-state index >= 15 is 0 Å². The Kier molecular flexibility index (Phi) is 4.69. The molecule has 0 saturated heterocycles. The zero-order valence-corrected chi connectivity index (χ0v) is 14.1. The molecule has 2 aromatic heterocycles. The molecule has 0 saturated carbocycles. The highest BCUT2D eigenvalue weighted by Gasteiger charge is 2.17. The van der Waals surface area contributed by atoms with Crippen LogP contribution in [0, 0.1) is 0 Å². The predicted molar refractivity (Wildman–Crippen MR) is 90.9 cm³/mol. The van der Waals surface area contributed by atoms with Gasteiger partial charge in [-0.25, -0.2) is 0 Å². The van der Waals surface area contributed by atoms with Crippen LogP contribution in [0.4, 0.5) is 5.69 Å². The number of amides is 1. The van der Waals surface area contributed by atoms with E-state index in [1.807, 2.05) is 6.92 Å². The Morgan fingerprint density at radius 1 is 1.28 bits per heavy atom. The summed E-state index contributed by atoms with van der Waals surface area (Å²) >= 11 is 0. The lowest BCUT2D eigenvalue weighted by Crippen LogP contribution is -2.11.